The average molecular weight is 471 g/mol. The summed E-state index contributed by atoms with van der Waals surface area (Å²) in [4.78, 5) is 20.9. The summed E-state index contributed by atoms with van der Waals surface area (Å²) in [5, 5.41) is 4.37. The van der Waals surface area contributed by atoms with Crippen LogP contribution in [-0.2, 0) is 0 Å². The van der Waals surface area contributed by atoms with Crippen molar-refractivity contribution in [3.8, 4) is 0 Å². The molecule has 4 rings (SSSR count). The molecule has 2 heterocycles. The zero-order chi connectivity index (χ0) is 21.3. The molecule has 0 saturated carbocycles. The molecule has 2 aromatic carbocycles. The van der Waals surface area contributed by atoms with Gasteiger partial charge in [-0.15, -0.1) is 0 Å². The molecule has 0 atom stereocenters. The third kappa shape index (κ3) is 4.67. The van der Waals surface area contributed by atoms with Crippen LogP contribution in [0.3, 0.4) is 0 Å². The van der Waals surface area contributed by atoms with E-state index in [0.29, 0.717) is 38.5 Å². The number of rotatable bonds is 5. The molecule has 1 N–H and O–H groups in total. The molecule has 0 spiro atoms. The highest BCUT2D eigenvalue weighted by molar-refractivity contribution is 7.22. The summed E-state index contributed by atoms with van der Waals surface area (Å²) in [6.07, 6.45) is 0. The quantitative estimate of drug-likeness (QED) is 0.598. The Hall–Kier alpha value is -2.00. The maximum atomic E-state index is 13.9. The van der Waals surface area contributed by atoms with Crippen molar-refractivity contribution in [3.63, 3.8) is 0 Å². The predicted molar refractivity (Wildman–Crippen MR) is 117 cm³/mol. The van der Waals surface area contributed by atoms with E-state index in [1.54, 1.807) is 18.2 Å². The minimum absolute atomic E-state index is 0.209. The molecule has 1 aromatic heterocycles. The Morgan fingerprint density at radius 1 is 1.13 bits per heavy atom. The van der Waals surface area contributed by atoms with E-state index in [9.17, 15) is 13.6 Å². The Kier molecular flexibility index (Phi) is 6.38. The van der Waals surface area contributed by atoms with Gasteiger partial charge in [0.1, 0.15) is 11.3 Å². The summed E-state index contributed by atoms with van der Waals surface area (Å²) in [7, 11) is 0. The molecular weight excluding hydrogens is 453 g/mol. The largest absolute Gasteiger partial charge is 0.351 e. The molecule has 30 heavy (non-hydrogen) atoms. The van der Waals surface area contributed by atoms with Crippen LogP contribution in [0.4, 0.5) is 13.9 Å². The van der Waals surface area contributed by atoms with E-state index in [0.717, 1.165) is 32.2 Å². The maximum absolute atomic E-state index is 13.9. The first kappa shape index (κ1) is 21.2. The topological polar surface area (TPSA) is 48.5 Å². The van der Waals surface area contributed by atoms with Gasteiger partial charge in [0.05, 0.1) is 15.3 Å². The highest BCUT2D eigenvalue weighted by Gasteiger charge is 2.21. The summed E-state index contributed by atoms with van der Waals surface area (Å²) in [6.45, 7) is 4.17. The molecule has 0 unspecified atom stereocenters. The Morgan fingerprint density at radius 2 is 1.90 bits per heavy atom. The van der Waals surface area contributed by atoms with Crippen molar-refractivity contribution in [1.82, 2.24) is 15.2 Å². The summed E-state index contributed by atoms with van der Waals surface area (Å²) >= 11 is 13.3. The number of hydrogen-bond acceptors (Lipinski definition) is 5. The molecule has 10 heteroatoms. The molecule has 1 aliphatic rings. The normalized spacial score (nSPS) is 15.0. The second-order valence-electron chi connectivity index (χ2n) is 6.94. The van der Waals surface area contributed by atoms with Crippen LogP contribution in [0.15, 0.2) is 30.3 Å². The number of benzene rings is 2. The summed E-state index contributed by atoms with van der Waals surface area (Å²) < 4.78 is 27.8. The Balaban J connectivity index is 1.28. The Labute approximate surface area is 186 Å². The molecule has 1 saturated heterocycles. The number of carbonyl (C=O) groups is 1. The van der Waals surface area contributed by atoms with Crippen molar-refractivity contribution in [3.05, 3.63) is 57.6 Å². The second-order valence-corrected chi connectivity index (χ2v) is 8.79. The highest BCUT2D eigenvalue weighted by atomic mass is 35.5. The number of fused-ring (bicyclic) bond motifs is 1. The lowest BCUT2D eigenvalue weighted by Crippen LogP contribution is -2.48. The Morgan fingerprint density at radius 3 is 2.67 bits per heavy atom. The van der Waals surface area contributed by atoms with E-state index in [1.807, 2.05) is 0 Å². The fourth-order valence-electron chi connectivity index (χ4n) is 3.34. The number of hydrogen-bond donors (Lipinski definition) is 1. The first-order valence-corrected chi connectivity index (χ1v) is 10.9. The van der Waals surface area contributed by atoms with E-state index < -0.39 is 11.6 Å². The van der Waals surface area contributed by atoms with Gasteiger partial charge >= 0.3 is 0 Å². The van der Waals surface area contributed by atoms with E-state index in [2.05, 4.69) is 20.1 Å². The molecule has 5 nitrogen and oxygen atoms in total. The van der Waals surface area contributed by atoms with E-state index in [-0.39, 0.29) is 11.4 Å². The zero-order valence-electron chi connectivity index (χ0n) is 15.8. The minimum Gasteiger partial charge on any atom is -0.351 e. The molecule has 1 fully saturated rings. The number of anilines is 1. The summed E-state index contributed by atoms with van der Waals surface area (Å²) in [6, 6.07) is 6.95. The summed E-state index contributed by atoms with van der Waals surface area (Å²) in [5.41, 5.74) is 0.565. The molecule has 158 valence electrons. The van der Waals surface area contributed by atoms with Crippen LogP contribution in [0.5, 0.6) is 0 Å². The molecule has 0 bridgehead atoms. The number of aromatic nitrogens is 1. The van der Waals surface area contributed by atoms with Crippen LogP contribution in [-0.4, -0.2) is 55.1 Å². The number of thiazole rings is 1. The number of carbonyl (C=O) groups excluding carboxylic acids is 1. The second kappa shape index (κ2) is 9.01. The van der Waals surface area contributed by atoms with Gasteiger partial charge in [-0.05, 0) is 24.3 Å². The van der Waals surface area contributed by atoms with Crippen molar-refractivity contribution < 1.29 is 13.6 Å². The number of nitrogens with zero attached hydrogens (tertiary/aromatic N) is 3. The minimum atomic E-state index is -0.637. The monoisotopic (exact) mass is 470 g/mol. The number of halogens is 4. The molecule has 0 radical (unpaired) electrons. The van der Waals surface area contributed by atoms with Crippen molar-refractivity contribution in [1.29, 1.82) is 0 Å². The first-order chi connectivity index (χ1) is 14.4. The fraction of sp³-hybridized carbons (Fsp3) is 0.300. The van der Waals surface area contributed by atoms with Crippen LogP contribution >= 0.6 is 34.5 Å². The standard InChI is InChI=1S/C20H18Cl2F2N4OS/c21-12-1-2-15(22)14(9-12)19(29)25-3-4-27-5-7-28(8-6-27)20-26-18-16(24)10-13(23)11-17(18)30-20/h1-2,9-11H,3-8H2,(H,25,29). The van der Waals surface area contributed by atoms with Crippen LogP contribution in [0.25, 0.3) is 10.2 Å². The van der Waals surface area contributed by atoms with E-state index >= 15 is 0 Å². The van der Waals surface area contributed by atoms with Crippen LogP contribution < -0.4 is 10.2 Å². The highest BCUT2D eigenvalue weighted by Crippen LogP contribution is 2.31. The number of amides is 1. The van der Waals surface area contributed by atoms with E-state index in [4.69, 9.17) is 23.2 Å². The lowest BCUT2D eigenvalue weighted by Gasteiger charge is -2.34. The fourth-order valence-corrected chi connectivity index (χ4v) is 4.77. The van der Waals surface area contributed by atoms with Gasteiger partial charge in [0, 0.05) is 50.4 Å². The van der Waals surface area contributed by atoms with Gasteiger partial charge < -0.3 is 10.2 Å². The van der Waals surface area contributed by atoms with Gasteiger partial charge in [0.2, 0.25) is 0 Å². The van der Waals surface area contributed by atoms with Gasteiger partial charge in [-0.1, -0.05) is 34.5 Å². The Bertz CT molecular complexity index is 1090. The molecule has 3 aromatic rings. The van der Waals surface area contributed by atoms with E-state index in [1.165, 1.54) is 17.4 Å². The molecule has 1 aliphatic heterocycles. The van der Waals surface area contributed by atoms with Crippen molar-refractivity contribution >= 4 is 55.8 Å². The van der Waals surface area contributed by atoms with Gasteiger partial charge in [-0.25, -0.2) is 13.8 Å². The lowest BCUT2D eigenvalue weighted by atomic mass is 10.2. The average Bonchev–Trinajstić information content (AvgIpc) is 3.14. The summed E-state index contributed by atoms with van der Waals surface area (Å²) in [5.74, 6) is -1.49. The van der Waals surface area contributed by atoms with Crippen molar-refractivity contribution in [2.24, 2.45) is 0 Å². The smallest absolute Gasteiger partial charge is 0.252 e. The van der Waals surface area contributed by atoms with Gasteiger partial charge in [0.15, 0.2) is 10.9 Å². The van der Waals surface area contributed by atoms with Crippen LogP contribution in [0.2, 0.25) is 10.0 Å². The molecule has 0 aliphatic carbocycles. The van der Waals surface area contributed by atoms with Crippen LogP contribution in [0.1, 0.15) is 10.4 Å². The SMILES string of the molecule is O=C(NCCN1CCN(c2nc3c(F)cc(F)cc3s2)CC1)c1cc(Cl)ccc1Cl. The first-order valence-electron chi connectivity index (χ1n) is 9.37. The number of piperazine rings is 1. The van der Waals surface area contributed by atoms with Gasteiger partial charge in [-0.2, -0.15) is 0 Å². The van der Waals surface area contributed by atoms with Crippen molar-refractivity contribution in [2.45, 2.75) is 0 Å². The third-order valence-corrected chi connectivity index (χ3v) is 6.56. The zero-order valence-corrected chi connectivity index (χ0v) is 18.1. The molecule has 1 amide bonds. The molecular formula is C20H18Cl2F2N4OS. The maximum Gasteiger partial charge on any atom is 0.252 e. The van der Waals surface area contributed by atoms with Crippen molar-refractivity contribution in [2.75, 3.05) is 44.2 Å². The number of nitrogens with one attached hydrogen (secondary N) is 1. The van der Waals surface area contributed by atoms with Gasteiger partial charge in [-0.3, -0.25) is 9.69 Å². The predicted octanol–water partition coefficient (Wildman–Crippen LogP) is 4.43. The van der Waals surface area contributed by atoms with Gasteiger partial charge in [0.25, 0.3) is 5.91 Å². The lowest BCUT2D eigenvalue weighted by molar-refractivity contribution is 0.0948. The van der Waals surface area contributed by atoms with Crippen LogP contribution in [0, 0.1) is 11.6 Å². The third-order valence-electron chi connectivity index (χ3n) is 4.93.